The van der Waals surface area contributed by atoms with E-state index in [1.54, 1.807) is 0 Å². The standard InChI is InChI=1S/C18H24N4O2/c1-2-24-16-9-14-5-3-4-13(14)8-15(16)10-21-6-7-22-17(11-21)19-20-18(22)12-23/h8-9,23H,2-7,10-12H2,1H3. The maximum atomic E-state index is 9.32. The van der Waals surface area contributed by atoms with Crippen LogP contribution >= 0.6 is 0 Å². The van der Waals surface area contributed by atoms with Crippen molar-refractivity contribution in [1.82, 2.24) is 19.7 Å². The molecule has 0 fully saturated rings. The van der Waals surface area contributed by atoms with Gasteiger partial charge < -0.3 is 14.4 Å². The quantitative estimate of drug-likeness (QED) is 0.905. The third kappa shape index (κ3) is 2.80. The summed E-state index contributed by atoms with van der Waals surface area (Å²) in [5.74, 6) is 2.63. The molecule has 0 unspecified atom stereocenters. The van der Waals surface area contributed by atoms with Crippen LogP contribution in [-0.2, 0) is 39.1 Å². The van der Waals surface area contributed by atoms with Gasteiger partial charge in [0.15, 0.2) is 5.82 Å². The van der Waals surface area contributed by atoms with E-state index in [4.69, 9.17) is 4.74 Å². The fraction of sp³-hybridized carbons (Fsp3) is 0.556. The predicted molar refractivity (Wildman–Crippen MR) is 89.7 cm³/mol. The van der Waals surface area contributed by atoms with Crippen molar-refractivity contribution in [2.24, 2.45) is 0 Å². The van der Waals surface area contributed by atoms with E-state index < -0.39 is 0 Å². The molecule has 2 heterocycles. The van der Waals surface area contributed by atoms with Crippen molar-refractivity contribution >= 4 is 0 Å². The van der Waals surface area contributed by atoms with Gasteiger partial charge in [-0.2, -0.15) is 0 Å². The van der Waals surface area contributed by atoms with Crippen molar-refractivity contribution in [1.29, 1.82) is 0 Å². The predicted octanol–water partition coefficient (Wildman–Crippen LogP) is 1.67. The molecule has 6 nitrogen and oxygen atoms in total. The number of aliphatic hydroxyl groups is 1. The first-order chi connectivity index (χ1) is 11.8. The Hall–Kier alpha value is -1.92. The molecule has 0 saturated carbocycles. The molecule has 1 N–H and O–H groups in total. The Morgan fingerprint density at radius 3 is 2.79 bits per heavy atom. The highest BCUT2D eigenvalue weighted by atomic mass is 16.5. The Bertz CT molecular complexity index is 741. The normalized spacial score (nSPS) is 16.9. The minimum Gasteiger partial charge on any atom is -0.494 e. The van der Waals surface area contributed by atoms with E-state index in [1.807, 2.05) is 11.5 Å². The molecule has 0 radical (unpaired) electrons. The van der Waals surface area contributed by atoms with E-state index in [2.05, 4.69) is 27.2 Å². The molecule has 0 spiro atoms. The fourth-order valence-corrected chi connectivity index (χ4v) is 3.83. The lowest BCUT2D eigenvalue weighted by Crippen LogP contribution is -2.34. The highest BCUT2D eigenvalue weighted by Crippen LogP contribution is 2.31. The molecule has 24 heavy (non-hydrogen) atoms. The zero-order chi connectivity index (χ0) is 16.5. The van der Waals surface area contributed by atoms with E-state index in [0.717, 1.165) is 37.8 Å². The summed E-state index contributed by atoms with van der Waals surface area (Å²) in [7, 11) is 0. The van der Waals surface area contributed by atoms with Crippen molar-refractivity contribution in [2.75, 3.05) is 13.2 Å². The lowest BCUT2D eigenvalue weighted by atomic mass is 10.0. The van der Waals surface area contributed by atoms with Gasteiger partial charge >= 0.3 is 0 Å². The van der Waals surface area contributed by atoms with Crippen LogP contribution in [0.15, 0.2) is 12.1 Å². The third-order valence-electron chi connectivity index (χ3n) is 5.02. The SMILES string of the molecule is CCOc1cc2c(cc1CN1CCn3c(CO)nnc3C1)CCC2. The number of nitrogens with zero attached hydrogens (tertiary/aromatic N) is 4. The monoisotopic (exact) mass is 328 g/mol. The van der Waals surface area contributed by atoms with E-state index in [9.17, 15) is 5.11 Å². The molecule has 128 valence electrons. The number of rotatable bonds is 5. The second-order valence-corrected chi connectivity index (χ2v) is 6.57. The number of aryl methyl sites for hydroxylation is 2. The maximum absolute atomic E-state index is 9.32. The highest BCUT2D eigenvalue weighted by molar-refractivity contribution is 5.45. The van der Waals surface area contributed by atoms with Gasteiger partial charge in [0.05, 0.1) is 13.2 Å². The Morgan fingerprint density at radius 1 is 1.17 bits per heavy atom. The largest absolute Gasteiger partial charge is 0.494 e. The summed E-state index contributed by atoms with van der Waals surface area (Å²) >= 11 is 0. The van der Waals surface area contributed by atoms with Crippen molar-refractivity contribution < 1.29 is 9.84 Å². The van der Waals surface area contributed by atoms with Crippen molar-refractivity contribution in [2.45, 2.75) is 52.4 Å². The van der Waals surface area contributed by atoms with Crippen molar-refractivity contribution in [3.63, 3.8) is 0 Å². The summed E-state index contributed by atoms with van der Waals surface area (Å²) in [4.78, 5) is 2.38. The zero-order valence-electron chi connectivity index (χ0n) is 14.2. The number of hydrogen-bond donors (Lipinski definition) is 1. The van der Waals surface area contributed by atoms with Crippen molar-refractivity contribution in [3.8, 4) is 5.75 Å². The van der Waals surface area contributed by atoms with Gasteiger partial charge in [-0.3, -0.25) is 4.90 Å². The molecule has 0 amide bonds. The van der Waals surface area contributed by atoms with Crippen LogP contribution in [0.25, 0.3) is 0 Å². The first kappa shape index (κ1) is 15.6. The second kappa shape index (κ2) is 6.53. The van der Waals surface area contributed by atoms with Gasteiger partial charge in [-0.15, -0.1) is 10.2 Å². The first-order valence-corrected chi connectivity index (χ1v) is 8.80. The number of hydrogen-bond acceptors (Lipinski definition) is 5. The van der Waals surface area contributed by atoms with Gasteiger partial charge in [-0.1, -0.05) is 6.07 Å². The second-order valence-electron chi connectivity index (χ2n) is 6.57. The van der Waals surface area contributed by atoms with Crippen LogP contribution in [0.5, 0.6) is 5.75 Å². The van der Waals surface area contributed by atoms with Crippen LogP contribution in [0.4, 0.5) is 0 Å². The summed E-state index contributed by atoms with van der Waals surface area (Å²) < 4.78 is 7.93. The lowest BCUT2D eigenvalue weighted by Gasteiger charge is -2.28. The van der Waals surface area contributed by atoms with Gasteiger partial charge in [0, 0.05) is 25.2 Å². The zero-order valence-corrected chi connectivity index (χ0v) is 14.2. The smallest absolute Gasteiger partial charge is 0.158 e. The highest BCUT2D eigenvalue weighted by Gasteiger charge is 2.23. The van der Waals surface area contributed by atoms with Crippen molar-refractivity contribution in [3.05, 3.63) is 40.5 Å². The van der Waals surface area contributed by atoms with Gasteiger partial charge in [0.25, 0.3) is 0 Å². The molecule has 1 aromatic carbocycles. The van der Waals surface area contributed by atoms with Gasteiger partial charge in [-0.25, -0.2) is 0 Å². The van der Waals surface area contributed by atoms with E-state index >= 15 is 0 Å². The Balaban J connectivity index is 1.55. The number of benzene rings is 1. The van der Waals surface area contributed by atoms with Crippen LogP contribution < -0.4 is 4.74 Å². The van der Waals surface area contributed by atoms with E-state index in [0.29, 0.717) is 12.4 Å². The maximum Gasteiger partial charge on any atom is 0.158 e. The van der Waals surface area contributed by atoms with Crippen LogP contribution in [0.3, 0.4) is 0 Å². The summed E-state index contributed by atoms with van der Waals surface area (Å²) in [6.45, 7) is 6.07. The summed E-state index contributed by atoms with van der Waals surface area (Å²) in [5, 5.41) is 17.6. The molecule has 0 saturated heterocycles. The van der Waals surface area contributed by atoms with E-state index in [-0.39, 0.29) is 6.61 Å². The number of aliphatic hydroxyl groups excluding tert-OH is 1. The molecule has 1 aliphatic heterocycles. The average molecular weight is 328 g/mol. The van der Waals surface area contributed by atoms with Gasteiger partial charge in [0.2, 0.25) is 0 Å². The first-order valence-electron chi connectivity index (χ1n) is 8.80. The summed E-state index contributed by atoms with van der Waals surface area (Å²) in [6.07, 6.45) is 3.61. The van der Waals surface area contributed by atoms with Gasteiger partial charge in [-0.05, 0) is 43.4 Å². The summed E-state index contributed by atoms with van der Waals surface area (Å²) in [6, 6.07) is 4.59. The minimum atomic E-state index is -0.0493. The van der Waals surface area contributed by atoms with Crippen LogP contribution in [0.2, 0.25) is 0 Å². The molecule has 4 rings (SSSR count). The molecule has 1 aromatic heterocycles. The lowest BCUT2D eigenvalue weighted by molar-refractivity contribution is 0.196. The topological polar surface area (TPSA) is 63.4 Å². The molecule has 1 aliphatic carbocycles. The Morgan fingerprint density at radius 2 is 2.00 bits per heavy atom. The molecule has 0 atom stereocenters. The number of aromatic nitrogens is 3. The number of ether oxygens (including phenoxy) is 1. The minimum absolute atomic E-state index is 0.0493. The average Bonchev–Trinajstić information content (AvgIpc) is 3.20. The van der Waals surface area contributed by atoms with Gasteiger partial charge in [0.1, 0.15) is 18.2 Å². The summed E-state index contributed by atoms with van der Waals surface area (Å²) in [5.41, 5.74) is 4.21. The Labute approximate surface area is 142 Å². The Kier molecular flexibility index (Phi) is 4.24. The molecule has 0 bridgehead atoms. The van der Waals surface area contributed by atoms with Crippen LogP contribution in [0, 0.1) is 0 Å². The molecule has 6 heteroatoms. The number of fused-ring (bicyclic) bond motifs is 2. The van der Waals surface area contributed by atoms with Crippen LogP contribution in [0.1, 0.15) is 41.7 Å². The molecular weight excluding hydrogens is 304 g/mol. The fourth-order valence-electron chi connectivity index (χ4n) is 3.83. The molecular formula is C18H24N4O2. The van der Waals surface area contributed by atoms with E-state index in [1.165, 1.54) is 36.0 Å². The molecule has 2 aliphatic rings. The molecule has 2 aromatic rings. The van der Waals surface area contributed by atoms with Crippen LogP contribution in [-0.4, -0.2) is 37.9 Å². The third-order valence-corrected chi connectivity index (χ3v) is 5.02.